The second-order valence-electron chi connectivity index (χ2n) is 6.16. The van der Waals surface area contributed by atoms with Crippen LogP contribution in [0.5, 0.6) is 0 Å². The summed E-state index contributed by atoms with van der Waals surface area (Å²) >= 11 is 0. The van der Waals surface area contributed by atoms with Crippen molar-refractivity contribution in [2.75, 3.05) is 19.8 Å². The van der Waals surface area contributed by atoms with E-state index in [0.717, 1.165) is 12.3 Å². The Kier molecular flexibility index (Phi) is 5.64. The van der Waals surface area contributed by atoms with Crippen molar-refractivity contribution >= 4 is 5.91 Å². The van der Waals surface area contributed by atoms with E-state index in [-0.39, 0.29) is 5.91 Å². The number of aliphatic hydroxyl groups is 1. The number of carbonyl (C=O) groups excluding carboxylic acids is 1. The van der Waals surface area contributed by atoms with Crippen molar-refractivity contribution in [3.63, 3.8) is 0 Å². The van der Waals surface area contributed by atoms with Crippen molar-refractivity contribution in [1.82, 2.24) is 5.32 Å². The van der Waals surface area contributed by atoms with Crippen LogP contribution in [0.2, 0.25) is 0 Å². The largest absolute Gasteiger partial charge is 0.388 e. The molecule has 2 aliphatic rings. The molecule has 4 heteroatoms. The zero-order valence-electron chi connectivity index (χ0n) is 11.8. The van der Waals surface area contributed by atoms with Crippen LogP contribution in [0.25, 0.3) is 0 Å². The van der Waals surface area contributed by atoms with Crippen molar-refractivity contribution in [1.29, 1.82) is 0 Å². The van der Waals surface area contributed by atoms with E-state index < -0.39 is 5.60 Å². The van der Waals surface area contributed by atoms with Gasteiger partial charge in [-0.3, -0.25) is 4.79 Å². The van der Waals surface area contributed by atoms with Gasteiger partial charge in [0.15, 0.2) is 0 Å². The molecule has 2 rings (SSSR count). The molecule has 19 heavy (non-hydrogen) atoms. The predicted molar refractivity (Wildman–Crippen MR) is 73.8 cm³/mol. The highest BCUT2D eigenvalue weighted by atomic mass is 16.5. The second-order valence-corrected chi connectivity index (χ2v) is 6.16. The average Bonchev–Trinajstić information content (AvgIpc) is 2.91. The van der Waals surface area contributed by atoms with Gasteiger partial charge < -0.3 is 15.2 Å². The number of ether oxygens (including phenoxy) is 1. The van der Waals surface area contributed by atoms with Crippen LogP contribution in [-0.2, 0) is 9.53 Å². The van der Waals surface area contributed by atoms with Gasteiger partial charge in [0, 0.05) is 39.0 Å². The molecule has 0 radical (unpaired) electrons. The highest BCUT2D eigenvalue weighted by Crippen LogP contribution is 2.28. The first-order chi connectivity index (χ1) is 9.18. The maximum Gasteiger partial charge on any atom is 0.220 e. The molecule has 1 aliphatic heterocycles. The van der Waals surface area contributed by atoms with Crippen LogP contribution >= 0.6 is 0 Å². The molecule has 1 saturated heterocycles. The SMILES string of the molecule is O=C(CCCC1CCCC1)NCC1(O)CCOCC1. The summed E-state index contributed by atoms with van der Waals surface area (Å²) in [5.74, 6) is 0.936. The third-order valence-electron chi connectivity index (χ3n) is 4.53. The first kappa shape index (κ1) is 14.8. The van der Waals surface area contributed by atoms with E-state index in [1.54, 1.807) is 0 Å². The van der Waals surface area contributed by atoms with Gasteiger partial charge in [-0.05, 0) is 18.8 Å². The highest BCUT2D eigenvalue weighted by molar-refractivity contribution is 5.75. The summed E-state index contributed by atoms with van der Waals surface area (Å²) in [4.78, 5) is 11.7. The van der Waals surface area contributed by atoms with Crippen LogP contribution in [0.1, 0.15) is 57.8 Å². The van der Waals surface area contributed by atoms with Gasteiger partial charge in [0.1, 0.15) is 0 Å². The van der Waals surface area contributed by atoms with Crippen LogP contribution in [-0.4, -0.2) is 36.4 Å². The number of nitrogens with one attached hydrogen (secondary N) is 1. The zero-order chi connectivity index (χ0) is 13.6. The van der Waals surface area contributed by atoms with Crippen molar-refractivity contribution < 1.29 is 14.6 Å². The molecule has 1 saturated carbocycles. The number of hydrogen-bond donors (Lipinski definition) is 2. The lowest BCUT2D eigenvalue weighted by Gasteiger charge is -2.32. The fourth-order valence-electron chi connectivity index (χ4n) is 3.13. The van der Waals surface area contributed by atoms with E-state index in [2.05, 4.69) is 5.32 Å². The van der Waals surface area contributed by atoms with Crippen molar-refractivity contribution in [2.24, 2.45) is 5.92 Å². The van der Waals surface area contributed by atoms with Gasteiger partial charge in [0.2, 0.25) is 5.91 Å². The van der Waals surface area contributed by atoms with Crippen molar-refractivity contribution in [3.8, 4) is 0 Å². The van der Waals surface area contributed by atoms with Crippen LogP contribution in [0.15, 0.2) is 0 Å². The first-order valence-electron chi connectivity index (χ1n) is 7.75. The minimum Gasteiger partial charge on any atom is -0.388 e. The molecule has 4 nitrogen and oxygen atoms in total. The molecule has 0 bridgehead atoms. The smallest absolute Gasteiger partial charge is 0.220 e. The molecule has 0 aromatic carbocycles. The summed E-state index contributed by atoms with van der Waals surface area (Å²) in [6, 6.07) is 0. The second kappa shape index (κ2) is 7.25. The van der Waals surface area contributed by atoms with Crippen LogP contribution < -0.4 is 5.32 Å². The average molecular weight is 269 g/mol. The molecule has 2 N–H and O–H groups in total. The van der Waals surface area contributed by atoms with E-state index in [0.29, 0.717) is 39.0 Å². The summed E-state index contributed by atoms with van der Waals surface area (Å²) in [5, 5.41) is 13.1. The van der Waals surface area contributed by atoms with Gasteiger partial charge in [0.25, 0.3) is 0 Å². The predicted octanol–water partition coefficient (Wildman–Crippen LogP) is 2.00. The topological polar surface area (TPSA) is 58.6 Å². The molecule has 0 atom stereocenters. The van der Waals surface area contributed by atoms with Crippen molar-refractivity contribution in [3.05, 3.63) is 0 Å². The Morgan fingerprint density at radius 2 is 1.95 bits per heavy atom. The van der Waals surface area contributed by atoms with Crippen LogP contribution in [0, 0.1) is 5.92 Å². The van der Waals surface area contributed by atoms with Crippen LogP contribution in [0.3, 0.4) is 0 Å². The molecule has 0 unspecified atom stereocenters. The molecule has 2 fully saturated rings. The lowest BCUT2D eigenvalue weighted by Crippen LogP contribution is -2.46. The molecule has 0 aromatic rings. The maximum atomic E-state index is 11.7. The summed E-state index contributed by atoms with van der Waals surface area (Å²) < 4.78 is 5.22. The van der Waals surface area contributed by atoms with Crippen LogP contribution in [0.4, 0.5) is 0 Å². The van der Waals surface area contributed by atoms with Crippen molar-refractivity contribution in [2.45, 2.75) is 63.4 Å². The molecule has 0 spiro atoms. The van der Waals surface area contributed by atoms with Gasteiger partial charge in [-0.25, -0.2) is 0 Å². The molecule has 1 aliphatic carbocycles. The van der Waals surface area contributed by atoms with Gasteiger partial charge in [-0.1, -0.05) is 25.7 Å². The summed E-state index contributed by atoms with van der Waals surface area (Å²) in [6.07, 6.45) is 9.44. The fourth-order valence-corrected chi connectivity index (χ4v) is 3.13. The number of carbonyl (C=O) groups is 1. The van der Waals surface area contributed by atoms with E-state index >= 15 is 0 Å². The Morgan fingerprint density at radius 1 is 1.26 bits per heavy atom. The normalized spacial score (nSPS) is 23.4. The molecule has 1 heterocycles. The quantitative estimate of drug-likeness (QED) is 0.775. The lowest BCUT2D eigenvalue weighted by molar-refractivity contribution is -0.124. The van der Waals surface area contributed by atoms with E-state index in [4.69, 9.17) is 4.74 Å². The monoisotopic (exact) mass is 269 g/mol. The van der Waals surface area contributed by atoms with Gasteiger partial charge >= 0.3 is 0 Å². The number of rotatable bonds is 6. The molecule has 0 aromatic heterocycles. The zero-order valence-corrected chi connectivity index (χ0v) is 11.8. The van der Waals surface area contributed by atoms with E-state index in [9.17, 15) is 9.90 Å². The Bertz CT molecular complexity index is 281. The molecule has 110 valence electrons. The van der Waals surface area contributed by atoms with Gasteiger partial charge in [-0.2, -0.15) is 0 Å². The molecular weight excluding hydrogens is 242 g/mol. The standard InChI is InChI=1S/C15H27NO3/c17-14(7-3-6-13-4-1-2-5-13)16-12-15(18)8-10-19-11-9-15/h13,18H,1-12H2,(H,16,17). The summed E-state index contributed by atoms with van der Waals surface area (Å²) in [7, 11) is 0. The lowest BCUT2D eigenvalue weighted by atomic mass is 9.94. The number of hydrogen-bond acceptors (Lipinski definition) is 3. The summed E-state index contributed by atoms with van der Waals surface area (Å²) in [5.41, 5.74) is -0.751. The van der Waals surface area contributed by atoms with Gasteiger partial charge in [-0.15, -0.1) is 0 Å². The summed E-state index contributed by atoms with van der Waals surface area (Å²) in [6.45, 7) is 1.56. The Morgan fingerprint density at radius 3 is 2.63 bits per heavy atom. The Hall–Kier alpha value is -0.610. The maximum absolute atomic E-state index is 11.7. The third kappa shape index (κ3) is 5.11. The van der Waals surface area contributed by atoms with E-state index in [1.165, 1.54) is 32.1 Å². The number of amides is 1. The third-order valence-corrected chi connectivity index (χ3v) is 4.53. The highest BCUT2D eigenvalue weighted by Gasteiger charge is 2.29. The van der Waals surface area contributed by atoms with E-state index in [1.807, 2.05) is 0 Å². The minimum absolute atomic E-state index is 0.0814. The minimum atomic E-state index is -0.751. The Balaban J connectivity index is 1.56. The fraction of sp³-hybridized carbons (Fsp3) is 0.933. The molecule has 1 amide bonds. The first-order valence-corrected chi connectivity index (χ1v) is 7.75. The Labute approximate surface area is 115 Å². The molecular formula is C15H27NO3. The van der Waals surface area contributed by atoms with Gasteiger partial charge in [0.05, 0.1) is 5.60 Å².